The Labute approximate surface area is 314 Å². The summed E-state index contributed by atoms with van der Waals surface area (Å²) >= 11 is 0. The molecule has 0 saturated carbocycles. The lowest BCUT2D eigenvalue weighted by molar-refractivity contribution is 0.578. The van der Waals surface area contributed by atoms with Gasteiger partial charge in [0.2, 0.25) is 0 Å². The van der Waals surface area contributed by atoms with Crippen LogP contribution in [0.4, 0.5) is 42.9 Å². The second kappa shape index (κ2) is 14.9. The van der Waals surface area contributed by atoms with Gasteiger partial charge in [0.1, 0.15) is 29.6 Å². The maximum atomic E-state index is 13.9. The predicted octanol–water partition coefficient (Wildman–Crippen LogP) is 10.1. The van der Waals surface area contributed by atoms with E-state index in [-0.39, 0.29) is 17.6 Å². The number of aliphatic imine (C=N–C) groups is 4. The van der Waals surface area contributed by atoms with Crippen LogP contribution < -0.4 is 20.4 Å². The van der Waals surface area contributed by atoms with Gasteiger partial charge in [-0.3, -0.25) is 0 Å². The largest absolute Gasteiger partial charge is 0.371 e. The second-order valence-corrected chi connectivity index (χ2v) is 14.5. The van der Waals surface area contributed by atoms with E-state index in [0.29, 0.717) is 18.1 Å². The van der Waals surface area contributed by atoms with Crippen molar-refractivity contribution in [1.82, 2.24) is 0 Å². The lowest BCUT2D eigenvalue weighted by Crippen LogP contribution is -2.29. The minimum Gasteiger partial charge on any atom is -0.371 e. The van der Waals surface area contributed by atoms with Crippen LogP contribution in [0.1, 0.15) is 56.1 Å². The van der Waals surface area contributed by atoms with Gasteiger partial charge in [-0.15, -0.1) is 0 Å². The summed E-state index contributed by atoms with van der Waals surface area (Å²) in [6, 6.07) is 25.9. The van der Waals surface area contributed by atoms with E-state index in [2.05, 4.69) is 79.0 Å². The number of hydrogen-bond donors (Lipinski definition) is 2. The summed E-state index contributed by atoms with van der Waals surface area (Å²) in [7, 11) is 0. The summed E-state index contributed by atoms with van der Waals surface area (Å²) in [5, 5.41) is 7.16. The molecule has 2 bridgehead atoms. The van der Waals surface area contributed by atoms with E-state index in [1.165, 1.54) is 62.8 Å². The van der Waals surface area contributed by atoms with Crippen LogP contribution in [0.2, 0.25) is 0 Å². The number of rotatable bonds is 8. The minimum absolute atomic E-state index is 0.213. The molecule has 1 atom stereocenters. The van der Waals surface area contributed by atoms with Crippen molar-refractivity contribution in [2.75, 3.05) is 46.6 Å². The average Bonchev–Trinajstić information content (AvgIpc) is 3.52. The van der Waals surface area contributed by atoms with Gasteiger partial charge in [0, 0.05) is 60.1 Å². The fourth-order valence-corrected chi connectivity index (χ4v) is 7.97. The third-order valence-electron chi connectivity index (χ3n) is 10.8. The molecule has 4 aromatic rings. The Balaban J connectivity index is 1.14. The van der Waals surface area contributed by atoms with Gasteiger partial charge in [0.25, 0.3) is 0 Å². The van der Waals surface area contributed by atoms with Gasteiger partial charge in [-0.1, -0.05) is 0 Å². The van der Waals surface area contributed by atoms with Crippen molar-refractivity contribution in [1.29, 1.82) is 0 Å². The first-order chi connectivity index (χ1) is 26.5. The maximum Gasteiger partial charge on any atom is 0.141 e. The van der Waals surface area contributed by atoms with Crippen molar-refractivity contribution < 1.29 is 8.78 Å². The van der Waals surface area contributed by atoms with Gasteiger partial charge < -0.3 is 20.4 Å². The Kier molecular flexibility index (Phi) is 9.32. The van der Waals surface area contributed by atoms with Gasteiger partial charge in [-0.25, -0.2) is 28.8 Å². The fourth-order valence-electron chi connectivity index (χ4n) is 7.97. The summed E-state index contributed by atoms with van der Waals surface area (Å²) in [5.74, 6) is 0.557. The van der Waals surface area contributed by atoms with Gasteiger partial charge in [-0.2, -0.15) is 0 Å². The van der Waals surface area contributed by atoms with Crippen LogP contribution in [0.15, 0.2) is 123 Å². The number of allylic oxidation sites excluding steroid dienone is 3. The Morgan fingerprint density at radius 2 is 1.13 bits per heavy atom. The Hall–Kier alpha value is -5.90. The number of fused-ring (bicyclic) bond motifs is 1. The lowest BCUT2D eigenvalue weighted by atomic mass is 9.96. The van der Waals surface area contributed by atoms with Crippen LogP contribution >= 0.6 is 0 Å². The topological polar surface area (TPSA) is 80.0 Å². The van der Waals surface area contributed by atoms with Crippen molar-refractivity contribution in [3.63, 3.8) is 0 Å². The average molecular weight is 721 g/mol. The van der Waals surface area contributed by atoms with Crippen LogP contribution in [-0.2, 0) is 0 Å². The number of benzene rings is 4. The number of piperidine rings is 2. The highest BCUT2D eigenvalue weighted by Crippen LogP contribution is 2.39. The second-order valence-electron chi connectivity index (χ2n) is 14.5. The van der Waals surface area contributed by atoms with Crippen molar-refractivity contribution in [2.45, 2.75) is 44.9 Å². The Morgan fingerprint density at radius 1 is 0.574 bits per heavy atom. The number of anilines is 6. The van der Waals surface area contributed by atoms with E-state index in [0.717, 1.165) is 88.4 Å². The molecular formula is C44H42F2N8. The van der Waals surface area contributed by atoms with Gasteiger partial charge in [0.15, 0.2) is 0 Å². The molecule has 10 heteroatoms. The third-order valence-corrected chi connectivity index (χ3v) is 10.8. The van der Waals surface area contributed by atoms with E-state index in [1.807, 2.05) is 0 Å². The summed E-state index contributed by atoms with van der Waals surface area (Å²) in [6.45, 7) is 4.07. The molecule has 5 aliphatic heterocycles. The highest BCUT2D eigenvalue weighted by Gasteiger charge is 2.32. The lowest BCUT2D eigenvalue weighted by Gasteiger charge is -2.29. The molecule has 2 N–H and O–H groups in total. The molecule has 0 amide bonds. The number of amidine groups is 2. The molecule has 9 rings (SSSR count). The van der Waals surface area contributed by atoms with Gasteiger partial charge in [-0.05, 0) is 148 Å². The van der Waals surface area contributed by atoms with Crippen molar-refractivity contribution in [3.8, 4) is 0 Å². The SMILES string of the molecule is Fc1ccc(Nc2cc(N3CCCCC3)ccc2C2=CC3=CC(c4ccc(N5CCCCC5)cc4Nc4ccc(F)cc4)=NC4=NC=NC(=N2)C4C3)cc1. The monoisotopic (exact) mass is 720 g/mol. The first-order valence-corrected chi connectivity index (χ1v) is 19.1. The first-order valence-electron chi connectivity index (χ1n) is 19.1. The van der Waals surface area contributed by atoms with E-state index in [4.69, 9.17) is 9.98 Å². The zero-order valence-electron chi connectivity index (χ0n) is 30.1. The smallest absolute Gasteiger partial charge is 0.141 e. The summed E-state index contributed by atoms with van der Waals surface area (Å²) in [4.78, 5) is 24.6. The summed E-state index contributed by atoms with van der Waals surface area (Å²) in [6.07, 6.45) is 13.7. The van der Waals surface area contributed by atoms with Crippen LogP contribution in [0.5, 0.6) is 0 Å². The highest BCUT2D eigenvalue weighted by atomic mass is 19.1. The van der Waals surface area contributed by atoms with Crippen LogP contribution in [-0.4, -0.2) is 49.9 Å². The Morgan fingerprint density at radius 3 is 1.72 bits per heavy atom. The molecule has 2 fully saturated rings. The van der Waals surface area contributed by atoms with Crippen molar-refractivity contribution >= 4 is 63.5 Å². The molecule has 0 aromatic heterocycles. The Bertz CT molecular complexity index is 2130. The zero-order valence-corrected chi connectivity index (χ0v) is 30.1. The number of hydrogen-bond acceptors (Lipinski definition) is 8. The zero-order chi connectivity index (χ0) is 36.4. The number of nitrogens with one attached hydrogen (secondary N) is 2. The molecule has 0 spiro atoms. The van der Waals surface area contributed by atoms with E-state index < -0.39 is 0 Å². The predicted molar refractivity (Wildman–Crippen MR) is 218 cm³/mol. The van der Waals surface area contributed by atoms with Crippen molar-refractivity contribution in [2.24, 2.45) is 25.9 Å². The molecule has 54 heavy (non-hydrogen) atoms. The molecule has 5 heterocycles. The third kappa shape index (κ3) is 7.20. The van der Waals surface area contributed by atoms with E-state index in [9.17, 15) is 8.78 Å². The molecule has 0 radical (unpaired) electrons. The molecule has 4 aromatic carbocycles. The molecule has 8 nitrogen and oxygen atoms in total. The number of halogens is 2. The molecule has 272 valence electrons. The minimum atomic E-state index is -0.279. The van der Waals surface area contributed by atoms with Crippen LogP contribution in [0.3, 0.4) is 0 Å². The van der Waals surface area contributed by atoms with E-state index >= 15 is 0 Å². The van der Waals surface area contributed by atoms with Gasteiger partial charge >= 0.3 is 0 Å². The molecular weight excluding hydrogens is 679 g/mol. The molecule has 2 saturated heterocycles. The summed E-state index contributed by atoms with van der Waals surface area (Å²) in [5.41, 5.74) is 10.1. The van der Waals surface area contributed by atoms with Gasteiger partial charge in [0.05, 0.1) is 28.7 Å². The summed E-state index contributed by atoms with van der Waals surface area (Å²) < 4.78 is 27.8. The normalized spacial score (nSPS) is 19.4. The van der Waals surface area contributed by atoms with Crippen LogP contribution in [0, 0.1) is 17.6 Å². The van der Waals surface area contributed by atoms with Crippen LogP contribution in [0.25, 0.3) is 5.70 Å². The maximum absolute atomic E-state index is 13.9. The highest BCUT2D eigenvalue weighted by molar-refractivity contribution is 6.24. The standard InChI is InChI=1S/C44H42F2N8/c45-30-7-11-32(12-8-30)49-41-26-34(53-19-3-1-4-20-53)15-17-36(41)39-24-29-23-38-43(51-39)47-28-48-44(38)52-40(25-29)37-18-16-35(54-21-5-2-6-22-54)27-42(37)50-33-13-9-31(46)10-14-33/h7-18,24-28,38,49-50H,1-6,19-23H2. The fraction of sp³-hybridized carbons (Fsp3) is 0.273. The number of nitrogens with zero attached hydrogens (tertiary/aromatic N) is 6. The molecule has 5 aliphatic rings. The molecule has 0 aliphatic carbocycles. The first kappa shape index (κ1) is 33.9. The molecule has 1 unspecified atom stereocenters. The van der Waals surface area contributed by atoms with E-state index in [1.54, 1.807) is 30.6 Å². The quantitative estimate of drug-likeness (QED) is 0.190. The van der Waals surface area contributed by atoms with Crippen molar-refractivity contribution in [3.05, 3.63) is 125 Å².